The Morgan fingerprint density at radius 2 is 1.93 bits per heavy atom. The molecule has 1 saturated heterocycles. The standard InChI is InChI=1S/C17H16F3N3O5S/c18-17(19,20)28-11-1-3-12(4-2-11)29(25,26)13-7-14(21)15(22-8-13)16(24)23-10-5-6-27-9-10/h1-4,7-8,10H,5-6,9,21H2,(H,23,24)/t10-/m1/s1. The van der Waals surface area contributed by atoms with Crippen LogP contribution in [0.4, 0.5) is 18.9 Å². The van der Waals surface area contributed by atoms with E-state index in [0.29, 0.717) is 19.6 Å². The highest BCUT2D eigenvalue weighted by molar-refractivity contribution is 7.91. The van der Waals surface area contributed by atoms with Crippen molar-refractivity contribution in [3.05, 3.63) is 42.2 Å². The zero-order chi connectivity index (χ0) is 21.2. The molecule has 1 aromatic heterocycles. The molecular formula is C17H16F3N3O5S. The minimum atomic E-state index is -4.89. The molecule has 3 N–H and O–H groups in total. The quantitative estimate of drug-likeness (QED) is 0.742. The number of nitrogen functional groups attached to an aromatic ring is 1. The Morgan fingerprint density at radius 1 is 1.24 bits per heavy atom. The number of alkyl halides is 3. The minimum Gasteiger partial charge on any atom is -0.406 e. The van der Waals surface area contributed by atoms with Gasteiger partial charge < -0.3 is 20.5 Å². The maximum Gasteiger partial charge on any atom is 0.573 e. The molecule has 0 bridgehead atoms. The number of halogens is 3. The third-order valence-electron chi connectivity index (χ3n) is 4.05. The Hall–Kier alpha value is -2.86. The number of carbonyl (C=O) groups excluding carboxylic acids is 1. The smallest absolute Gasteiger partial charge is 0.406 e. The molecule has 0 saturated carbocycles. The van der Waals surface area contributed by atoms with Gasteiger partial charge in [-0.25, -0.2) is 13.4 Å². The average Bonchev–Trinajstić information content (AvgIpc) is 3.13. The van der Waals surface area contributed by atoms with Gasteiger partial charge in [0, 0.05) is 12.8 Å². The molecule has 29 heavy (non-hydrogen) atoms. The molecule has 0 radical (unpaired) electrons. The molecule has 0 unspecified atom stereocenters. The van der Waals surface area contributed by atoms with Crippen molar-refractivity contribution in [2.24, 2.45) is 0 Å². The van der Waals surface area contributed by atoms with E-state index in [2.05, 4.69) is 15.0 Å². The molecule has 3 rings (SSSR count). The van der Waals surface area contributed by atoms with Gasteiger partial charge >= 0.3 is 6.36 Å². The van der Waals surface area contributed by atoms with Gasteiger partial charge in [0.05, 0.1) is 28.1 Å². The predicted octanol–water partition coefficient (Wildman–Crippen LogP) is 1.91. The van der Waals surface area contributed by atoms with Crippen LogP contribution in [0.2, 0.25) is 0 Å². The van der Waals surface area contributed by atoms with E-state index < -0.39 is 27.9 Å². The van der Waals surface area contributed by atoms with E-state index in [4.69, 9.17) is 10.5 Å². The van der Waals surface area contributed by atoms with E-state index in [1.54, 1.807) is 0 Å². The lowest BCUT2D eigenvalue weighted by atomic mass is 10.2. The number of ether oxygens (including phenoxy) is 2. The second-order valence-electron chi connectivity index (χ2n) is 6.17. The lowest BCUT2D eigenvalue weighted by Crippen LogP contribution is -2.36. The van der Waals surface area contributed by atoms with Crippen molar-refractivity contribution in [1.82, 2.24) is 10.3 Å². The first-order valence-corrected chi connectivity index (χ1v) is 9.79. The number of nitrogens with one attached hydrogen (secondary N) is 1. The topological polar surface area (TPSA) is 121 Å². The first-order valence-electron chi connectivity index (χ1n) is 8.31. The van der Waals surface area contributed by atoms with Gasteiger partial charge in [-0.2, -0.15) is 0 Å². The lowest BCUT2D eigenvalue weighted by Gasteiger charge is -2.12. The molecule has 1 fully saturated rings. The Kier molecular flexibility index (Phi) is 5.66. The van der Waals surface area contributed by atoms with Gasteiger partial charge in [-0.3, -0.25) is 4.79 Å². The van der Waals surface area contributed by atoms with Crippen LogP contribution in [0.25, 0.3) is 0 Å². The molecule has 0 aliphatic carbocycles. The number of benzene rings is 1. The number of rotatable bonds is 5. The van der Waals surface area contributed by atoms with Crippen LogP contribution in [-0.2, 0) is 14.6 Å². The van der Waals surface area contributed by atoms with Crippen LogP contribution in [0.5, 0.6) is 5.75 Å². The maximum absolute atomic E-state index is 12.7. The van der Waals surface area contributed by atoms with Gasteiger partial charge in [0.2, 0.25) is 9.84 Å². The molecule has 1 aliphatic heterocycles. The summed E-state index contributed by atoms with van der Waals surface area (Å²) in [6.45, 7) is 0.893. The normalized spacial score (nSPS) is 17.1. The molecule has 2 aromatic rings. The fraction of sp³-hybridized carbons (Fsp3) is 0.294. The summed E-state index contributed by atoms with van der Waals surface area (Å²) < 4.78 is 70.8. The van der Waals surface area contributed by atoms with E-state index in [-0.39, 0.29) is 27.2 Å². The number of nitrogens with two attached hydrogens (primary N) is 1. The summed E-state index contributed by atoms with van der Waals surface area (Å²) >= 11 is 0. The van der Waals surface area contributed by atoms with Crippen molar-refractivity contribution in [2.45, 2.75) is 28.6 Å². The van der Waals surface area contributed by atoms with E-state index in [1.807, 2.05) is 0 Å². The lowest BCUT2D eigenvalue weighted by molar-refractivity contribution is -0.274. The summed E-state index contributed by atoms with van der Waals surface area (Å²) in [7, 11) is -4.12. The molecule has 12 heteroatoms. The first-order chi connectivity index (χ1) is 13.6. The van der Waals surface area contributed by atoms with Gasteiger partial charge in [0.1, 0.15) is 5.75 Å². The molecule has 1 aromatic carbocycles. The molecule has 1 aliphatic rings. The highest BCUT2D eigenvalue weighted by Gasteiger charge is 2.31. The number of hydrogen-bond acceptors (Lipinski definition) is 7. The third kappa shape index (κ3) is 4.95. The monoisotopic (exact) mass is 431 g/mol. The molecular weight excluding hydrogens is 415 g/mol. The summed E-state index contributed by atoms with van der Waals surface area (Å²) in [5.74, 6) is -1.12. The summed E-state index contributed by atoms with van der Waals surface area (Å²) in [6.07, 6.45) is -3.28. The number of nitrogens with zero attached hydrogens (tertiary/aromatic N) is 1. The van der Waals surface area contributed by atoms with Crippen LogP contribution in [0.15, 0.2) is 46.3 Å². The molecule has 0 spiro atoms. The summed E-state index contributed by atoms with van der Waals surface area (Å²) in [4.78, 5) is 15.5. The Bertz CT molecular complexity index is 1000. The largest absolute Gasteiger partial charge is 0.573 e. The predicted molar refractivity (Wildman–Crippen MR) is 93.9 cm³/mol. The number of sulfone groups is 1. The van der Waals surface area contributed by atoms with Crippen molar-refractivity contribution in [2.75, 3.05) is 18.9 Å². The summed E-state index contributed by atoms with van der Waals surface area (Å²) in [6, 6.07) is 4.58. The van der Waals surface area contributed by atoms with Crippen LogP contribution in [0, 0.1) is 0 Å². The van der Waals surface area contributed by atoms with Gasteiger partial charge in [0.15, 0.2) is 5.69 Å². The van der Waals surface area contributed by atoms with Crippen molar-refractivity contribution in [1.29, 1.82) is 0 Å². The number of anilines is 1. The number of carbonyl (C=O) groups is 1. The van der Waals surface area contributed by atoms with Gasteiger partial charge in [-0.05, 0) is 36.8 Å². The second kappa shape index (κ2) is 7.87. The SMILES string of the molecule is Nc1cc(S(=O)(=O)c2ccc(OC(F)(F)F)cc2)cnc1C(=O)N[C@@H]1CCOC1. The van der Waals surface area contributed by atoms with Crippen LogP contribution >= 0.6 is 0 Å². The first kappa shape index (κ1) is 20.9. The van der Waals surface area contributed by atoms with Gasteiger partial charge in [0.25, 0.3) is 5.91 Å². The minimum absolute atomic E-state index is 0.134. The molecule has 156 valence electrons. The van der Waals surface area contributed by atoms with Crippen LogP contribution < -0.4 is 15.8 Å². The Morgan fingerprint density at radius 3 is 2.48 bits per heavy atom. The molecule has 8 nitrogen and oxygen atoms in total. The van der Waals surface area contributed by atoms with Crippen molar-refractivity contribution < 1.29 is 35.9 Å². The number of hydrogen-bond donors (Lipinski definition) is 2. The number of amides is 1. The van der Waals surface area contributed by atoms with Gasteiger partial charge in [-0.15, -0.1) is 13.2 Å². The Balaban J connectivity index is 1.80. The van der Waals surface area contributed by atoms with Crippen LogP contribution in [0.1, 0.15) is 16.9 Å². The maximum atomic E-state index is 12.7. The molecule has 2 heterocycles. The van der Waals surface area contributed by atoms with Crippen molar-refractivity contribution in [3.63, 3.8) is 0 Å². The molecule has 1 amide bonds. The van der Waals surface area contributed by atoms with E-state index in [9.17, 15) is 26.4 Å². The third-order valence-corrected chi connectivity index (χ3v) is 5.79. The zero-order valence-electron chi connectivity index (χ0n) is 14.8. The van der Waals surface area contributed by atoms with Crippen LogP contribution in [-0.4, -0.2) is 44.9 Å². The van der Waals surface area contributed by atoms with Crippen molar-refractivity contribution >= 4 is 21.4 Å². The van der Waals surface area contributed by atoms with Crippen molar-refractivity contribution in [3.8, 4) is 5.75 Å². The number of aromatic nitrogens is 1. The van der Waals surface area contributed by atoms with E-state index >= 15 is 0 Å². The van der Waals surface area contributed by atoms with E-state index in [0.717, 1.165) is 36.5 Å². The highest BCUT2D eigenvalue weighted by atomic mass is 32.2. The van der Waals surface area contributed by atoms with Gasteiger partial charge in [-0.1, -0.05) is 0 Å². The number of pyridine rings is 1. The van der Waals surface area contributed by atoms with E-state index in [1.165, 1.54) is 0 Å². The Labute approximate surface area is 163 Å². The highest BCUT2D eigenvalue weighted by Crippen LogP contribution is 2.27. The van der Waals surface area contributed by atoms with Crippen LogP contribution in [0.3, 0.4) is 0 Å². The second-order valence-corrected chi connectivity index (χ2v) is 8.12. The average molecular weight is 431 g/mol. The molecule has 1 atom stereocenters. The summed E-state index contributed by atoms with van der Waals surface area (Å²) in [5, 5.41) is 2.69. The fourth-order valence-electron chi connectivity index (χ4n) is 2.66. The fourth-order valence-corrected chi connectivity index (χ4v) is 3.90. The zero-order valence-corrected chi connectivity index (χ0v) is 15.6. The summed E-state index contributed by atoms with van der Waals surface area (Å²) in [5.41, 5.74) is 5.51.